The molecule has 2 aliphatic rings. The number of hydrogen-bond acceptors (Lipinski definition) is 3. The van der Waals surface area contributed by atoms with Gasteiger partial charge in [0.05, 0.1) is 12.0 Å². The van der Waals surface area contributed by atoms with E-state index in [1.54, 1.807) is 7.11 Å². The minimum atomic E-state index is -2.28. The van der Waals surface area contributed by atoms with Crippen molar-refractivity contribution in [2.24, 2.45) is 5.41 Å². The smallest absolute Gasteiger partial charge is 0.343 e. The highest BCUT2D eigenvalue weighted by Crippen LogP contribution is 2.44. The number of carbonyl (C=O) groups excluding carboxylic acids is 1. The number of aliphatic carboxylic acids is 1. The normalized spacial score (nSPS) is 28.8. The van der Waals surface area contributed by atoms with Crippen LogP contribution in [0.4, 0.5) is 4.39 Å². The van der Waals surface area contributed by atoms with Gasteiger partial charge >= 0.3 is 5.97 Å². The molecule has 6 heteroatoms. The Morgan fingerprint density at radius 1 is 1.30 bits per heavy atom. The van der Waals surface area contributed by atoms with Crippen molar-refractivity contribution >= 4 is 11.9 Å². The van der Waals surface area contributed by atoms with Gasteiger partial charge in [0, 0.05) is 26.7 Å². The summed E-state index contributed by atoms with van der Waals surface area (Å²) in [5.41, 5.74) is -2.75. The zero-order valence-corrected chi connectivity index (χ0v) is 11.9. The fourth-order valence-corrected chi connectivity index (χ4v) is 3.38. The van der Waals surface area contributed by atoms with Crippen LogP contribution in [-0.2, 0) is 14.3 Å². The lowest BCUT2D eigenvalue weighted by molar-refractivity contribution is -0.151. The highest BCUT2D eigenvalue weighted by Gasteiger charge is 2.51. The summed E-state index contributed by atoms with van der Waals surface area (Å²) in [6.45, 7) is 0.367. The first-order valence-electron chi connectivity index (χ1n) is 7.14. The lowest BCUT2D eigenvalue weighted by atomic mass is 9.81. The number of rotatable bonds is 5. The van der Waals surface area contributed by atoms with Crippen molar-refractivity contribution in [3.8, 4) is 0 Å². The second-order valence-electron chi connectivity index (χ2n) is 5.98. The summed E-state index contributed by atoms with van der Waals surface area (Å²) < 4.78 is 19.2. The molecule has 1 heterocycles. The number of hydrogen-bond donors (Lipinski definition) is 1. The van der Waals surface area contributed by atoms with E-state index >= 15 is 0 Å². The molecular formula is C14H22FNO4. The maximum absolute atomic E-state index is 14.1. The van der Waals surface area contributed by atoms with Gasteiger partial charge in [0.25, 0.3) is 0 Å². The number of amides is 1. The van der Waals surface area contributed by atoms with Crippen LogP contribution >= 0.6 is 0 Å². The van der Waals surface area contributed by atoms with Crippen LogP contribution in [-0.4, -0.2) is 54.4 Å². The monoisotopic (exact) mass is 287 g/mol. The first-order valence-corrected chi connectivity index (χ1v) is 7.14. The van der Waals surface area contributed by atoms with Crippen molar-refractivity contribution < 1.29 is 23.8 Å². The van der Waals surface area contributed by atoms with E-state index < -0.39 is 17.1 Å². The molecule has 0 aromatic carbocycles. The molecule has 2 fully saturated rings. The number of alkyl halides is 1. The number of carbonyl (C=O) groups is 2. The molecule has 0 aromatic rings. The number of likely N-dealkylation sites (tertiary alicyclic amines) is 1. The van der Waals surface area contributed by atoms with E-state index in [1.807, 2.05) is 0 Å². The molecule has 114 valence electrons. The first kappa shape index (κ1) is 15.2. The van der Waals surface area contributed by atoms with Gasteiger partial charge in [0.15, 0.2) is 0 Å². The fraction of sp³-hybridized carbons (Fsp3) is 0.857. The summed E-state index contributed by atoms with van der Waals surface area (Å²) in [5, 5.41) is 8.91. The Morgan fingerprint density at radius 3 is 2.45 bits per heavy atom. The predicted octanol–water partition coefficient (Wildman–Crippen LogP) is 1.61. The van der Waals surface area contributed by atoms with Gasteiger partial charge in [-0.25, -0.2) is 9.18 Å². The Balaban J connectivity index is 2.08. The van der Waals surface area contributed by atoms with Crippen LogP contribution in [0.1, 0.15) is 38.5 Å². The van der Waals surface area contributed by atoms with E-state index in [0.29, 0.717) is 13.0 Å². The molecule has 2 rings (SSSR count). The Bertz CT molecular complexity index is 395. The maximum Gasteiger partial charge on any atom is 0.343 e. The zero-order chi connectivity index (χ0) is 14.8. The van der Waals surface area contributed by atoms with E-state index in [1.165, 1.54) is 4.90 Å². The van der Waals surface area contributed by atoms with E-state index in [0.717, 1.165) is 25.7 Å². The van der Waals surface area contributed by atoms with E-state index in [-0.39, 0.29) is 25.4 Å². The Hall–Kier alpha value is -1.17. The highest BCUT2D eigenvalue weighted by molar-refractivity contribution is 5.86. The van der Waals surface area contributed by atoms with Crippen molar-refractivity contribution in [1.82, 2.24) is 4.90 Å². The third kappa shape index (κ3) is 2.66. The van der Waals surface area contributed by atoms with Gasteiger partial charge in [0.1, 0.15) is 0 Å². The average Bonchev–Trinajstić information content (AvgIpc) is 3.04. The largest absolute Gasteiger partial charge is 0.479 e. The molecular weight excluding hydrogens is 265 g/mol. The van der Waals surface area contributed by atoms with Gasteiger partial charge in [0.2, 0.25) is 11.6 Å². The molecule has 20 heavy (non-hydrogen) atoms. The number of ether oxygens (including phenoxy) is 1. The quantitative estimate of drug-likeness (QED) is 0.834. The molecule has 1 amide bonds. The molecule has 1 aliphatic heterocycles. The van der Waals surface area contributed by atoms with Crippen LogP contribution in [0.5, 0.6) is 0 Å². The molecule has 1 aliphatic carbocycles. The SMILES string of the molecule is COCCC1(C(=O)N2CCC(F)(C(=O)O)C2)CCCC1. The molecule has 1 unspecified atom stereocenters. The summed E-state index contributed by atoms with van der Waals surface area (Å²) in [6, 6.07) is 0. The van der Waals surface area contributed by atoms with Crippen LogP contribution < -0.4 is 0 Å². The first-order chi connectivity index (χ1) is 9.43. The number of methoxy groups -OCH3 is 1. The zero-order valence-electron chi connectivity index (χ0n) is 11.9. The molecule has 1 atom stereocenters. The van der Waals surface area contributed by atoms with Crippen molar-refractivity contribution in [2.45, 2.75) is 44.2 Å². The standard InChI is InChI=1S/C14H22FNO4/c1-20-9-7-13(4-2-3-5-13)11(17)16-8-6-14(15,10-16)12(18)19/h2-10H2,1H3,(H,18,19). The topological polar surface area (TPSA) is 66.8 Å². The van der Waals surface area contributed by atoms with Crippen molar-refractivity contribution in [2.75, 3.05) is 26.8 Å². The molecule has 1 saturated carbocycles. The van der Waals surface area contributed by atoms with Gasteiger partial charge < -0.3 is 14.7 Å². The van der Waals surface area contributed by atoms with E-state index in [2.05, 4.69) is 0 Å². The number of halogens is 1. The molecule has 1 saturated heterocycles. The second-order valence-corrected chi connectivity index (χ2v) is 5.98. The van der Waals surface area contributed by atoms with Crippen molar-refractivity contribution in [1.29, 1.82) is 0 Å². The summed E-state index contributed by atoms with van der Waals surface area (Å²) in [7, 11) is 1.60. The third-order valence-electron chi connectivity index (χ3n) is 4.69. The predicted molar refractivity (Wildman–Crippen MR) is 70.1 cm³/mol. The lowest BCUT2D eigenvalue weighted by Gasteiger charge is -2.32. The lowest BCUT2D eigenvalue weighted by Crippen LogP contribution is -2.45. The fourth-order valence-electron chi connectivity index (χ4n) is 3.38. The van der Waals surface area contributed by atoms with Crippen molar-refractivity contribution in [3.63, 3.8) is 0 Å². The van der Waals surface area contributed by atoms with Gasteiger partial charge in [-0.15, -0.1) is 0 Å². The third-order valence-corrected chi connectivity index (χ3v) is 4.69. The molecule has 5 nitrogen and oxygen atoms in total. The van der Waals surface area contributed by atoms with Crippen LogP contribution in [0.2, 0.25) is 0 Å². The number of carboxylic acid groups (broad SMARTS) is 1. The Morgan fingerprint density at radius 2 is 1.95 bits per heavy atom. The van der Waals surface area contributed by atoms with Gasteiger partial charge in [-0.3, -0.25) is 4.79 Å². The Kier molecular flexibility index (Phi) is 4.32. The van der Waals surface area contributed by atoms with Gasteiger partial charge in [-0.2, -0.15) is 0 Å². The minimum absolute atomic E-state index is 0.0900. The van der Waals surface area contributed by atoms with Gasteiger partial charge in [-0.1, -0.05) is 12.8 Å². The summed E-state index contributed by atoms with van der Waals surface area (Å²) in [6.07, 6.45) is 4.07. The summed E-state index contributed by atoms with van der Waals surface area (Å²) >= 11 is 0. The van der Waals surface area contributed by atoms with Crippen LogP contribution in [0.15, 0.2) is 0 Å². The number of nitrogens with zero attached hydrogens (tertiary/aromatic N) is 1. The molecule has 0 radical (unpaired) electrons. The maximum atomic E-state index is 14.1. The van der Waals surface area contributed by atoms with E-state index in [4.69, 9.17) is 9.84 Å². The van der Waals surface area contributed by atoms with E-state index in [9.17, 15) is 14.0 Å². The second kappa shape index (κ2) is 5.68. The van der Waals surface area contributed by atoms with Crippen LogP contribution in [0, 0.1) is 5.41 Å². The average molecular weight is 287 g/mol. The Labute approximate surface area is 118 Å². The van der Waals surface area contributed by atoms with Gasteiger partial charge in [-0.05, 0) is 19.3 Å². The van der Waals surface area contributed by atoms with Crippen LogP contribution in [0.25, 0.3) is 0 Å². The molecule has 1 N–H and O–H groups in total. The molecule has 0 bridgehead atoms. The summed E-state index contributed by atoms with van der Waals surface area (Å²) in [5.74, 6) is -1.56. The van der Waals surface area contributed by atoms with Crippen LogP contribution in [0.3, 0.4) is 0 Å². The van der Waals surface area contributed by atoms with Crippen molar-refractivity contribution in [3.05, 3.63) is 0 Å². The minimum Gasteiger partial charge on any atom is -0.479 e. The number of carboxylic acids is 1. The highest BCUT2D eigenvalue weighted by atomic mass is 19.1. The molecule has 0 spiro atoms. The molecule has 0 aromatic heterocycles. The summed E-state index contributed by atoms with van der Waals surface area (Å²) in [4.78, 5) is 25.0.